The summed E-state index contributed by atoms with van der Waals surface area (Å²) < 4.78 is 11.4. The summed E-state index contributed by atoms with van der Waals surface area (Å²) in [5, 5.41) is 0. The van der Waals surface area contributed by atoms with Gasteiger partial charge in [0.25, 0.3) is 0 Å². The minimum atomic E-state index is 0.291. The van der Waals surface area contributed by atoms with E-state index in [4.69, 9.17) is 9.47 Å². The minimum Gasteiger partial charge on any atom is -0.489 e. The van der Waals surface area contributed by atoms with E-state index >= 15 is 0 Å². The number of morpholine rings is 1. The van der Waals surface area contributed by atoms with Gasteiger partial charge >= 0.3 is 0 Å². The lowest BCUT2D eigenvalue weighted by Crippen LogP contribution is -2.42. The van der Waals surface area contributed by atoms with Gasteiger partial charge in [-0.3, -0.25) is 9.69 Å². The van der Waals surface area contributed by atoms with Crippen LogP contribution in [0.4, 0.5) is 0 Å². The summed E-state index contributed by atoms with van der Waals surface area (Å²) in [5.41, 5.74) is 2.31. The lowest BCUT2D eigenvalue weighted by Gasteiger charge is -2.30. The van der Waals surface area contributed by atoms with Crippen LogP contribution in [0.2, 0.25) is 0 Å². The van der Waals surface area contributed by atoms with Crippen LogP contribution in [-0.4, -0.2) is 55.1 Å². The summed E-state index contributed by atoms with van der Waals surface area (Å²) >= 11 is 0. The lowest BCUT2D eigenvalue weighted by molar-refractivity contribution is -0.132. The monoisotopic (exact) mass is 450 g/mol. The molecule has 2 fully saturated rings. The highest BCUT2D eigenvalue weighted by Crippen LogP contribution is 2.29. The van der Waals surface area contributed by atoms with Crippen molar-refractivity contribution in [3.8, 4) is 5.75 Å². The SMILES string of the molecule is O=C(CCC1CCCC1)N(CCN1CCOCC1)Cc1ccc(OCc2ccccc2)cc1. The molecule has 0 radical (unpaired) electrons. The van der Waals surface area contributed by atoms with Crippen LogP contribution >= 0.6 is 0 Å². The predicted molar refractivity (Wildman–Crippen MR) is 131 cm³/mol. The number of carbonyl (C=O) groups excluding carboxylic acids is 1. The van der Waals surface area contributed by atoms with Gasteiger partial charge in [0.05, 0.1) is 13.2 Å². The first-order chi connectivity index (χ1) is 16.3. The maximum atomic E-state index is 13.2. The number of amides is 1. The minimum absolute atomic E-state index is 0.291. The zero-order valence-electron chi connectivity index (χ0n) is 19.8. The third-order valence-corrected chi connectivity index (χ3v) is 6.93. The van der Waals surface area contributed by atoms with E-state index in [1.165, 1.54) is 25.7 Å². The van der Waals surface area contributed by atoms with E-state index in [1.54, 1.807) is 0 Å². The molecular formula is C28H38N2O3. The molecule has 0 atom stereocenters. The highest BCUT2D eigenvalue weighted by molar-refractivity contribution is 5.76. The molecule has 1 amide bonds. The molecule has 0 bridgehead atoms. The van der Waals surface area contributed by atoms with E-state index in [0.29, 0.717) is 25.5 Å². The third kappa shape index (κ3) is 7.86. The summed E-state index contributed by atoms with van der Waals surface area (Å²) in [7, 11) is 0. The summed E-state index contributed by atoms with van der Waals surface area (Å²) in [4.78, 5) is 17.6. The van der Waals surface area contributed by atoms with Crippen LogP contribution in [0.15, 0.2) is 54.6 Å². The van der Waals surface area contributed by atoms with Gasteiger partial charge in [-0.1, -0.05) is 68.1 Å². The van der Waals surface area contributed by atoms with Crippen LogP contribution in [0.25, 0.3) is 0 Å². The molecule has 0 N–H and O–H groups in total. The predicted octanol–water partition coefficient (Wildman–Crippen LogP) is 4.90. The molecular weight excluding hydrogens is 412 g/mol. The molecule has 0 unspecified atom stereocenters. The molecule has 2 aliphatic rings. The molecule has 1 aliphatic carbocycles. The highest BCUT2D eigenvalue weighted by Gasteiger charge is 2.20. The fraction of sp³-hybridized carbons (Fsp3) is 0.536. The van der Waals surface area contributed by atoms with E-state index in [1.807, 2.05) is 30.3 Å². The molecule has 1 saturated carbocycles. The first-order valence-corrected chi connectivity index (χ1v) is 12.6. The number of hydrogen-bond donors (Lipinski definition) is 0. The maximum Gasteiger partial charge on any atom is 0.222 e. The fourth-order valence-electron chi connectivity index (χ4n) is 4.82. The summed E-state index contributed by atoms with van der Waals surface area (Å²) in [5.74, 6) is 1.89. The van der Waals surface area contributed by atoms with Crippen LogP contribution in [-0.2, 0) is 22.7 Å². The van der Waals surface area contributed by atoms with Crippen LogP contribution in [0, 0.1) is 5.92 Å². The number of carbonyl (C=O) groups is 1. The van der Waals surface area contributed by atoms with Crippen molar-refractivity contribution in [3.63, 3.8) is 0 Å². The summed E-state index contributed by atoms with van der Waals surface area (Å²) in [6, 6.07) is 18.4. The van der Waals surface area contributed by atoms with Crippen molar-refractivity contribution in [1.82, 2.24) is 9.80 Å². The standard InChI is InChI=1S/C28H38N2O3/c31-28(15-12-24-6-4-5-7-24)30(17-16-29-18-20-32-21-19-29)22-25-10-13-27(14-11-25)33-23-26-8-2-1-3-9-26/h1-3,8-11,13-14,24H,4-7,12,15-23H2. The van der Waals surface area contributed by atoms with E-state index in [9.17, 15) is 4.79 Å². The fourth-order valence-corrected chi connectivity index (χ4v) is 4.82. The van der Waals surface area contributed by atoms with Crippen molar-refractivity contribution in [2.45, 2.75) is 51.7 Å². The zero-order valence-corrected chi connectivity index (χ0v) is 19.8. The molecule has 33 heavy (non-hydrogen) atoms. The molecule has 1 saturated heterocycles. The normalized spacial score (nSPS) is 17.2. The first kappa shape index (κ1) is 23.8. The third-order valence-electron chi connectivity index (χ3n) is 6.93. The van der Waals surface area contributed by atoms with Crippen molar-refractivity contribution in [3.05, 3.63) is 65.7 Å². The number of benzene rings is 2. The average molecular weight is 451 g/mol. The van der Waals surface area contributed by atoms with Crippen molar-refractivity contribution in [2.75, 3.05) is 39.4 Å². The number of nitrogens with zero attached hydrogens (tertiary/aromatic N) is 2. The zero-order chi connectivity index (χ0) is 22.7. The number of hydrogen-bond acceptors (Lipinski definition) is 4. The van der Waals surface area contributed by atoms with Gasteiger partial charge in [0.15, 0.2) is 0 Å². The Balaban J connectivity index is 1.31. The van der Waals surface area contributed by atoms with Gasteiger partial charge in [-0.25, -0.2) is 0 Å². The molecule has 1 aliphatic heterocycles. The Labute approximate surface area is 198 Å². The van der Waals surface area contributed by atoms with Crippen LogP contribution in [0.3, 0.4) is 0 Å². The Hall–Kier alpha value is -2.37. The molecule has 0 spiro atoms. The van der Waals surface area contributed by atoms with Crippen molar-refractivity contribution in [2.24, 2.45) is 5.92 Å². The average Bonchev–Trinajstić information content (AvgIpc) is 3.39. The molecule has 0 aromatic heterocycles. The van der Waals surface area contributed by atoms with E-state index in [2.05, 4.69) is 34.1 Å². The molecule has 1 heterocycles. The Bertz CT molecular complexity index is 828. The van der Waals surface area contributed by atoms with E-state index in [0.717, 1.165) is 68.6 Å². The van der Waals surface area contributed by atoms with Gasteiger partial charge in [-0.05, 0) is 35.6 Å². The van der Waals surface area contributed by atoms with Gasteiger partial charge in [0, 0.05) is 39.1 Å². The van der Waals surface area contributed by atoms with Gasteiger partial charge < -0.3 is 14.4 Å². The molecule has 178 valence electrons. The maximum absolute atomic E-state index is 13.2. The first-order valence-electron chi connectivity index (χ1n) is 12.6. The Morgan fingerprint density at radius 3 is 2.42 bits per heavy atom. The molecule has 2 aromatic carbocycles. The quantitative estimate of drug-likeness (QED) is 0.489. The number of ether oxygens (including phenoxy) is 2. The van der Waals surface area contributed by atoms with Crippen LogP contribution in [0.1, 0.15) is 49.7 Å². The number of rotatable bonds is 11. The second kappa shape index (κ2) is 12.8. The smallest absolute Gasteiger partial charge is 0.222 e. The van der Waals surface area contributed by atoms with Gasteiger partial charge in [0.1, 0.15) is 12.4 Å². The van der Waals surface area contributed by atoms with E-state index in [-0.39, 0.29) is 0 Å². The second-order valence-corrected chi connectivity index (χ2v) is 9.38. The Kier molecular flexibility index (Phi) is 9.19. The van der Waals surface area contributed by atoms with Gasteiger partial charge in [-0.15, -0.1) is 0 Å². The van der Waals surface area contributed by atoms with E-state index < -0.39 is 0 Å². The molecule has 5 nitrogen and oxygen atoms in total. The molecule has 4 rings (SSSR count). The summed E-state index contributed by atoms with van der Waals surface area (Å²) in [6.07, 6.45) is 6.97. The van der Waals surface area contributed by atoms with Crippen molar-refractivity contribution in [1.29, 1.82) is 0 Å². The highest BCUT2D eigenvalue weighted by atomic mass is 16.5. The van der Waals surface area contributed by atoms with Gasteiger partial charge in [0.2, 0.25) is 5.91 Å². The second-order valence-electron chi connectivity index (χ2n) is 9.38. The van der Waals surface area contributed by atoms with Crippen LogP contribution in [0.5, 0.6) is 5.75 Å². The van der Waals surface area contributed by atoms with Crippen LogP contribution < -0.4 is 4.74 Å². The Morgan fingerprint density at radius 1 is 0.970 bits per heavy atom. The Morgan fingerprint density at radius 2 is 1.70 bits per heavy atom. The molecule has 2 aromatic rings. The lowest BCUT2D eigenvalue weighted by atomic mass is 10.0. The van der Waals surface area contributed by atoms with Crippen molar-refractivity contribution >= 4 is 5.91 Å². The van der Waals surface area contributed by atoms with Gasteiger partial charge in [-0.2, -0.15) is 0 Å². The van der Waals surface area contributed by atoms with Crippen molar-refractivity contribution < 1.29 is 14.3 Å². The summed E-state index contributed by atoms with van der Waals surface area (Å²) in [6.45, 7) is 6.40. The topological polar surface area (TPSA) is 42.0 Å². The molecule has 5 heteroatoms. The largest absolute Gasteiger partial charge is 0.489 e.